The maximum Gasteiger partial charge on any atom is 0.293 e. The van der Waals surface area contributed by atoms with Crippen molar-refractivity contribution >= 4 is 44.6 Å². The molecule has 0 atom stereocenters. The molecule has 0 aliphatic heterocycles. The van der Waals surface area contributed by atoms with Gasteiger partial charge >= 0.3 is 0 Å². The molecule has 3 aromatic carbocycles. The van der Waals surface area contributed by atoms with Gasteiger partial charge in [-0.2, -0.15) is 0 Å². The predicted molar refractivity (Wildman–Crippen MR) is 179 cm³/mol. The average molecular weight is 666 g/mol. The highest BCUT2D eigenvalue weighted by Gasteiger charge is 2.26. The van der Waals surface area contributed by atoms with Crippen LogP contribution in [-0.2, 0) is 10.0 Å². The third kappa shape index (κ3) is 10.7. The Morgan fingerprint density at radius 2 is 1.32 bits per heavy atom. The van der Waals surface area contributed by atoms with Crippen LogP contribution in [0.5, 0.6) is 0 Å². The van der Waals surface area contributed by atoms with Crippen LogP contribution in [0.2, 0.25) is 10.0 Å². The molecule has 0 unspecified atom stereocenters. The Bertz CT molecular complexity index is 1430. The van der Waals surface area contributed by atoms with Crippen molar-refractivity contribution in [3.63, 3.8) is 0 Å². The van der Waals surface area contributed by atoms with E-state index in [4.69, 9.17) is 23.2 Å². The molecule has 0 aliphatic carbocycles. The van der Waals surface area contributed by atoms with Crippen LogP contribution < -0.4 is 10.0 Å². The molecule has 2 N–H and O–H groups in total. The van der Waals surface area contributed by atoms with E-state index < -0.39 is 21.0 Å². The molecule has 0 amide bonds. The van der Waals surface area contributed by atoms with Crippen LogP contribution in [0.15, 0.2) is 71.6 Å². The van der Waals surface area contributed by atoms with E-state index in [0.717, 1.165) is 45.1 Å². The maximum absolute atomic E-state index is 13.2. The zero-order chi connectivity index (χ0) is 32.3. The lowest BCUT2D eigenvalue weighted by atomic mass is 9.98. The highest BCUT2D eigenvalue weighted by molar-refractivity contribution is 7.89. The summed E-state index contributed by atoms with van der Waals surface area (Å²) < 4.78 is 29.1. The number of nitrogens with zero attached hydrogens (tertiary/aromatic N) is 4. The standard InChI is InChI=1S/C31H42Cl2N6O4S/c1-36(2)18-9-20-38(21-10-19-37(3)4)22-17-34-44(42,43)24-15-16-29(30(23-24)39(40)41)35-31(25-11-5-7-13-27(25)32)26-12-6-8-14-28(26)33/h5-8,11-16,23,31,34-35H,9-10,17-22H2,1-4H3. The van der Waals surface area contributed by atoms with E-state index in [-0.39, 0.29) is 22.8 Å². The minimum absolute atomic E-state index is 0.131. The van der Waals surface area contributed by atoms with Gasteiger partial charge in [0.15, 0.2) is 0 Å². The van der Waals surface area contributed by atoms with Crippen LogP contribution in [-0.4, -0.2) is 95.5 Å². The lowest BCUT2D eigenvalue weighted by Crippen LogP contribution is -2.37. The molecule has 0 fully saturated rings. The monoisotopic (exact) mass is 664 g/mol. The SMILES string of the molecule is CN(C)CCCN(CCCN(C)C)CCNS(=O)(=O)c1ccc(NC(c2ccccc2Cl)c2ccccc2Cl)c([N+](=O)[O-])c1. The first kappa shape index (κ1) is 35.7. The Labute approximate surface area is 271 Å². The molecule has 0 saturated carbocycles. The summed E-state index contributed by atoms with van der Waals surface area (Å²) in [5.41, 5.74) is 1.07. The fraction of sp³-hybridized carbons (Fsp3) is 0.419. The topological polar surface area (TPSA) is 111 Å². The van der Waals surface area contributed by atoms with Gasteiger partial charge in [0.25, 0.3) is 5.69 Å². The zero-order valence-electron chi connectivity index (χ0n) is 25.7. The van der Waals surface area contributed by atoms with Gasteiger partial charge in [-0.25, -0.2) is 13.1 Å². The van der Waals surface area contributed by atoms with Crippen LogP contribution in [0.1, 0.15) is 30.0 Å². The van der Waals surface area contributed by atoms with E-state index in [9.17, 15) is 18.5 Å². The largest absolute Gasteiger partial charge is 0.368 e. The van der Waals surface area contributed by atoms with Crippen LogP contribution in [0.25, 0.3) is 0 Å². The molecule has 0 aliphatic rings. The molecule has 0 aromatic heterocycles. The van der Waals surface area contributed by atoms with Gasteiger partial charge in [-0.1, -0.05) is 59.6 Å². The number of nitrogens with one attached hydrogen (secondary N) is 2. The summed E-state index contributed by atoms with van der Waals surface area (Å²) in [5, 5.41) is 16.3. The van der Waals surface area contributed by atoms with Crippen LogP contribution in [0.4, 0.5) is 11.4 Å². The molecular weight excluding hydrogens is 623 g/mol. The third-order valence-corrected chi connectivity index (χ3v) is 9.24. The Hall–Kier alpha value is -2.77. The molecule has 3 aromatic rings. The van der Waals surface area contributed by atoms with Crippen molar-refractivity contribution in [2.45, 2.75) is 23.8 Å². The van der Waals surface area contributed by atoms with E-state index in [2.05, 4.69) is 24.7 Å². The smallest absolute Gasteiger partial charge is 0.293 e. The summed E-state index contributed by atoms with van der Waals surface area (Å²) in [7, 11) is 4.09. The third-order valence-electron chi connectivity index (χ3n) is 7.09. The van der Waals surface area contributed by atoms with Gasteiger partial charge in [-0.15, -0.1) is 0 Å². The van der Waals surface area contributed by atoms with Crippen molar-refractivity contribution in [3.05, 3.63) is 98.0 Å². The van der Waals surface area contributed by atoms with Gasteiger partial charge in [-0.3, -0.25) is 10.1 Å². The molecule has 44 heavy (non-hydrogen) atoms. The Morgan fingerprint density at radius 1 is 0.795 bits per heavy atom. The number of hydrogen-bond donors (Lipinski definition) is 2. The van der Waals surface area contributed by atoms with Crippen molar-refractivity contribution in [3.8, 4) is 0 Å². The molecule has 13 heteroatoms. The van der Waals surface area contributed by atoms with Gasteiger partial charge in [0, 0.05) is 29.2 Å². The molecule has 0 radical (unpaired) electrons. The number of sulfonamides is 1. The molecule has 10 nitrogen and oxygen atoms in total. The Kier molecular flexibility index (Phi) is 13.9. The molecule has 0 bridgehead atoms. The lowest BCUT2D eigenvalue weighted by Gasteiger charge is -2.24. The van der Waals surface area contributed by atoms with E-state index in [1.54, 1.807) is 24.3 Å². The number of benzene rings is 3. The number of nitro benzene ring substituents is 1. The number of halogens is 2. The molecule has 0 spiro atoms. The highest BCUT2D eigenvalue weighted by Crippen LogP contribution is 2.38. The minimum atomic E-state index is -4.01. The van der Waals surface area contributed by atoms with Gasteiger partial charge in [0.05, 0.1) is 15.9 Å². The van der Waals surface area contributed by atoms with E-state index in [0.29, 0.717) is 27.7 Å². The first-order valence-corrected chi connectivity index (χ1v) is 16.7. The van der Waals surface area contributed by atoms with E-state index in [1.807, 2.05) is 52.5 Å². The van der Waals surface area contributed by atoms with Gasteiger partial charge in [-0.05, 0) is 103 Å². The first-order valence-electron chi connectivity index (χ1n) is 14.4. The fourth-order valence-electron chi connectivity index (χ4n) is 4.83. The van der Waals surface area contributed by atoms with Crippen molar-refractivity contribution < 1.29 is 13.3 Å². The lowest BCUT2D eigenvalue weighted by molar-refractivity contribution is -0.384. The van der Waals surface area contributed by atoms with E-state index >= 15 is 0 Å². The molecule has 240 valence electrons. The normalized spacial score (nSPS) is 12.0. The van der Waals surface area contributed by atoms with Crippen LogP contribution in [0, 0.1) is 10.1 Å². The number of rotatable bonds is 18. The summed E-state index contributed by atoms with van der Waals surface area (Å²) in [5.74, 6) is 0. The second-order valence-corrected chi connectivity index (χ2v) is 13.7. The molecule has 0 saturated heterocycles. The molecular formula is C31H42Cl2N6O4S. The Balaban J connectivity index is 1.80. The predicted octanol–water partition coefficient (Wildman–Crippen LogP) is 5.59. The highest BCUT2D eigenvalue weighted by atomic mass is 35.5. The van der Waals surface area contributed by atoms with E-state index in [1.165, 1.54) is 12.1 Å². The number of anilines is 1. The fourth-order valence-corrected chi connectivity index (χ4v) is 6.36. The summed E-state index contributed by atoms with van der Waals surface area (Å²) in [6, 6.07) is 17.5. The van der Waals surface area contributed by atoms with Crippen molar-refractivity contribution in [2.75, 3.05) is 72.8 Å². The van der Waals surface area contributed by atoms with Crippen molar-refractivity contribution in [1.29, 1.82) is 0 Å². The van der Waals surface area contributed by atoms with Gasteiger partial charge < -0.3 is 20.0 Å². The van der Waals surface area contributed by atoms with Crippen molar-refractivity contribution in [1.82, 2.24) is 19.4 Å². The second-order valence-electron chi connectivity index (χ2n) is 11.1. The van der Waals surface area contributed by atoms with Crippen LogP contribution >= 0.6 is 23.2 Å². The number of nitro groups is 1. The summed E-state index contributed by atoms with van der Waals surface area (Å²) >= 11 is 13.0. The maximum atomic E-state index is 13.2. The quantitative estimate of drug-likeness (QED) is 0.134. The Morgan fingerprint density at radius 3 is 1.80 bits per heavy atom. The first-order chi connectivity index (χ1) is 20.9. The summed E-state index contributed by atoms with van der Waals surface area (Å²) in [6.07, 6.45) is 1.93. The summed E-state index contributed by atoms with van der Waals surface area (Å²) in [4.78, 5) is 17.9. The molecule has 0 heterocycles. The second kappa shape index (κ2) is 17.1. The zero-order valence-corrected chi connectivity index (χ0v) is 28.0. The van der Waals surface area contributed by atoms with Gasteiger partial charge in [0.2, 0.25) is 10.0 Å². The van der Waals surface area contributed by atoms with Crippen molar-refractivity contribution in [2.24, 2.45) is 0 Å². The number of hydrogen-bond acceptors (Lipinski definition) is 8. The molecule has 3 rings (SSSR count). The van der Waals surface area contributed by atoms with Crippen LogP contribution in [0.3, 0.4) is 0 Å². The van der Waals surface area contributed by atoms with Gasteiger partial charge in [0.1, 0.15) is 5.69 Å². The minimum Gasteiger partial charge on any atom is -0.368 e. The summed E-state index contributed by atoms with van der Waals surface area (Å²) in [6.45, 7) is 4.27. The average Bonchev–Trinajstić information content (AvgIpc) is 2.96.